The van der Waals surface area contributed by atoms with Gasteiger partial charge in [-0.25, -0.2) is 0 Å². The average molecular weight is 527 g/mol. The molecule has 2 atom stereocenters. The number of aliphatic hydroxyl groups excluding tert-OH is 2. The highest BCUT2D eigenvalue weighted by atomic mass is 35.5. The van der Waals surface area contributed by atoms with Crippen LogP contribution in [0.5, 0.6) is 0 Å². The zero-order chi connectivity index (χ0) is 26.8. The summed E-state index contributed by atoms with van der Waals surface area (Å²) in [7, 11) is 0. The van der Waals surface area contributed by atoms with Crippen LogP contribution in [-0.2, 0) is 4.79 Å². The van der Waals surface area contributed by atoms with Crippen molar-refractivity contribution in [3.63, 3.8) is 0 Å². The summed E-state index contributed by atoms with van der Waals surface area (Å²) in [5.74, 6) is -0.472. The Balaban J connectivity index is 1.55. The molecule has 38 heavy (non-hydrogen) atoms. The summed E-state index contributed by atoms with van der Waals surface area (Å²) in [4.78, 5) is 15.7. The molecule has 1 heterocycles. The number of nitrogens with one attached hydrogen (secondary N) is 1. The quantitative estimate of drug-likeness (QED) is 0.222. The Labute approximate surface area is 228 Å². The molecule has 4 aromatic rings. The molecule has 0 saturated heterocycles. The van der Waals surface area contributed by atoms with Gasteiger partial charge in [-0.1, -0.05) is 79.2 Å². The van der Waals surface area contributed by atoms with E-state index in [0.29, 0.717) is 17.1 Å². The van der Waals surface area contributed by atoms with E-state index in [4.69, 9.17) is 11.6 Å². The minimum Gasteiger partial charge on any atom is -0.507 e. The third-order valence-electron chi connectivity index (χ3n) is 7.15. The number of Topliss-reactive ketones (excluding diaryl/α,β-unsaturated/α-hetero) is 1. The van der Waals surface area contributed by atoms with Crippen LogP contribution >= 0.6 is 11.6 Å². The number of aryl methyl sites for hydroxylation is 1. The number of fused-ring (bicyclic) bond motifs is 2. The van der Waals surface area contributed by atoms with Gasteiger partial charge >= 0.3 is 0 Å². The number of nitrogens with zero attached hydrogens (tertiary/aromatic N) is 1. The van der Waals surface area contributed by atoms with Gasteiger partial charge in [0.05, 0.1) is 17.3 Å². The minimum absolute atomic E-state index is 0.0268. The molecule has 0 aliphatic carbocycles. The van der Waals surface area contributed by atoms with Crippen LogP contribution in [0.1, 0.15) is 42.5 Å². The monoisotopic (exact) mass is 526 g/mol. The number of hydrogen-bond acceptors (Lipinski definition) is 5. The van der Waals surface area contributed by atoms with Crippen LogP contribution in [0, 0.1) is 6.92 Å². The fraction of sp³-hybridized carbons (Fsp3) is 0.219. The summed E-state index contributed by atoms with van der Waals surface area (Å²) < 4.78 is 0. The molecule has 1 aliphatic rings. The number of carbonyl (C=O) groups excluding carboxylic acids is 1. The number of rotatable bonds is 8. The van der Waals surface area contributed by atoms with E-state index in [2.05, 4.69) is 5.32 Å². The average Bonchev–Trinajstić information content (AvgIpc) is 2.91. The van der Waals surface area contributed by atoms with Crippen LogP contribution in [0.25, 0.3) is 16.5 Å². The van der Waals surface area contributed by atoms with E-state index in [1.54, 1.807) is 17.0 Å². The number of ketones is 1. The van der Waals surface area contributed by atoms with Crippen molar-refractivity contribution >= 4 is 45.3 Å². The van der Waals surface area contributed by atoms with Gasteiger partial charge in [-0.15, -0.1) is 0 Å². The van der Waals surface area contributed by atoms with Crippen molar-refractivity contribution < 1.29 is 15.0 Å². The summed E-state index contributed by atoms with van der Waals surface area (Å²) >= 11 is 6.16. The molecule has 5 nitrogen and oxygen atoms in total. The summed E-state index contributed by atoms with van der Waals surface area (Å²) in [5.41, 5.74) is 3.98. The van der Waals surface area contributed by atoms with Crippen molar-refractivity contribution in [3.05, 3.63) is 112 Å². The predicted octanol–water partition coefficient (Wildman–Crippen LogP) is 7.43. The fourth-order valence-electron chi connectivity index (χ4n) is 5.29. The van der Waals surface area contributed by atoms with Crippen molar-refractivity contribution in [2.24, 2.45) is 0 Å². The van der Waals surface area contributed by atoms with Gasteiger partial charge in [0, 0.05) is 34.6 Å². The molecule has 5 rings (SSSR count). The second-order valence-corrected chi connectivity index (χ2v) is 10.1. The van der Waals surface area contributed by atoms with Gasteiger partial charge in [-0.2, -0.15) is 0 Å². The molecule has 3 N–H and O–H groups in total. The normalized spacial score (nSPS) is 15.9. The van der Waals surface area contributed by atoms with E-state index in [9.17, 15) is 15.0 Å². The molecule has 0 amide bonds. The maximum absolute atomic E-state index is 13.9. The van der Waals surface area contributed by atoms with Gasteiger partial charge in [-0.3, -0.25) is 4.79 Å². The first-order valence-corrected chi connectivity index (χ1v) is 13.3. The highest BCUT2D eigenvalue weighted by Crippen LogP contribution is 2.40. The molecule has 0 spiro atoms. The Morgan fingerprint density at radius 3 is 2.47 bits per heavy atom. The van der Waals surface area contributed by atoms with Crippen LogP contribution in [0.2, 0.25) is 5.02 Å². The second kappa shape index (κ2) is 10.9. The van der Waals surface area contributed by atoms with Crippen molar-refractivity contribution in [2.75, 3.05) is 16.8 Å². The minimum atomic E-state index is -1.24. The Morgan fingerprint density at radius 1 is 1.00 bits per heavy atom. The van der Waals surface area contributed by atoms with Crippen LogP contribution in [0.15, 0.2) is 90.5 Å². The summed E-state index contributed by atoms with van der Waals surface area (Å²) in [6.45, 7) is 4.47. The van der Waals surface area contributed by atoms with Crippen LogP contribution in [0.4, 0.5) is 11.4 Å². The zero-order valence-electron chi connectivity index (χ0n) is 21.5. The number of halogens is 1. The molecular weight excluding hydrogens is 496 g/mol. The summed E-state index contributed by atoms with van der Waals surface area (Å²) in [5, 5.41) is 28.9. The molecule has 0 aromatic heterocycles. The number of carbonyl (C=O) groups is 1. The molecule has 0 radical (unpaired) electrons. The largest absolute Gasteiger partial charge is 0.507 e. The van der Waals surface area contributed by atoms with Crippen LogP contribution in [0.3, 0.4) is 0 Å². The third kappa shape index (κ3) is 4.87. The van der Waals surface area contributed by atoms with Gasteiger partial charge in [0.2, 0.25) is 0 Å². The lowest BCUT2D eigenvalue weighted by molar-refractivity contribution is -0.116. The van der Waals surface area contributed by atoms with Crippen LogP contribution in [-0.4, -0.2) is 28.8 Å². The van der Waals surface area contributed by atoms with Gasteiger partial charge in [0.1, 0.15) is 5.76 Å². The SMILES string of the molecule is CCCN1c2cccc(C)c2C(O)=C(C(=O)CC(Nc2cccc3ccccc23)c2ccc(Cl)cc2)C1O. The molecule has 6 heteroatoms. The maximum atomic E-state index is 13.9. The van der Waals surface area contributed by atoms with E-state index >= 15 is 0 Å². The molecular formula is C32H31ClN2O3. The van der Waals surface area contributed by atoms with Crippen molar-refractivity contribution in [1.82, 2.24) is 0 Å². The lowest BCUT2D eigenvalue weighted by atomic mass is 9.89. The summed E-state index contributed by atoms with van der Waals surface area (Å²) in [6.07, 6.45) is -0.425. The first-order chi connectivity index (χ1) is 18.4. The standard InChI is InChI=1S/C32H31ClN2O3/c1-3-18-35-27-13-6-8-20(2)29(27)31(37)30(32(35)38)28(36)19-26(22-14-16-23(33)17-15-22)34-25-12-7-10-21-9-4-5-11-24(21)25/h4-17,26,32,34,37-38H,3,18-19H2,1-2H3. The highest BCUT2D eigenvalue weighted by Gasteiger charge is 2.37. The van der Waals surface area contributed by atoms with Crippen molar-refractivity contribution in [3.8, 4) is 0 Å². The smallest absolute Gasteiger partial charge is 0.169 e. The molecule has 4 aromatic carbocycles. The molecule has 194 valence electrons. The Kier molecular flexibility index (Phi) is 7.41. The number of anilines is 2. The Bertz CT molecular complexity index is 1510. The molecule has 0 fully saturated rings. The Morgan fingerprint density at radius 2 is 1.71 bits per heavy atom. The van der Waals surface area contributed by atoms with E-state index in [1.807, 2.05) is 86.6 Å². The van der Waals surface area contributed by atoms with E-state index < -0.39 is 12.3 Å². The molecule has 2 unspecified atom stereocenters. The van der Waals surface area contributed by atoms with Gasteiger partial charge < -0.3 is 20.4 Å². The maximum Gasteiger partial charge on any atom is 0.169 e. The topological polar surface area (TPSA) is 72.8 Å². The van der Waals surface area contributed by atoms with Gasteiger partial charge in [0.15, 0.2) is 12.0 Å². The third-order valence-corrected chi connectivity index (χ3v) is 7.40. The van der Waals surface area contributed by atoms with Crippen molar-refractivity contribution in [1.29, 1.82) is 0 Å². The first-order valence-electron chi connectivity index (χ1n) is 12.9. The molecule has 0 bridgehead atoms. The lowest BCUT2D eigenvalue weighted by Crippen LogP contribution is -2.43. The number of benzene rings is 4. The van der Waals surface area contributed by atoms with E-state index in [1.165, 1.54) is 0 Å². The van der Waals surface area contributed by atoms with Crippen molar-refractivity contribution in [2.45, 2.75) is 39.0 Å². The number of aliphatic hydroxyl groups is 2. The summed E-state index contributed by atoms with van der Waals surface area (Å²) in [6, 6.07) is 26.7. The Hall–Kier alpha value is -3.80. The second-order valence-electron chi connectivity index (χ2n) is 9.70. The number of hydrogen-bond donors (Lipinski definition) is 3. The van der Waals surface area contributed by atoms with Gasteiger partial charge in [0.25, 0.3) is 0 Å². The van der Waals surface area contributed by atoms with E-state index in [0.717, 1.165) is 39.7 Å². The highest BCUT2D eigenvalue weighted by molar-refractivity contribution is 6.30. The lowest BCUT2D eigenvalue weighted by Gasteiger charge is -2.37. The van der Waals surface area contributed by atoms with E-state index in [-0.39, 0.29) is 23.5 Å². The van der Waals surface area contributed by atoms with Crippen LogP contribution < -0.4 is 10.2 Å². The van der Waals surface area contributed by atoms with Gasteiger partial charge in [-0.05, 0) is 54.1 Å². The zero-order valence-corrected chi connectivity index (χ0v) is 22.2. The first kappa shape index (κ1) is 25.8. The predicted molar refractivity (Wildman–Crippen MR) is 156 cm³/mol. The fourth-order valence-corrected chi connectivity index (χ4v) is 5.41. The molecule has 1 aliphatic heterocycles. The molecule has 0 saturated carbocycles.